The maximum absolute atomic E-state index is 6.13. The van der Waals surface area contributed by atoms with Crippen molar-refractivity contribution < 1.29 is 0 Å². The van der Waals surface area contributed by atoms with Crippen molar-refractivity contribution in [3.05, 3.63) is 22.4 Å². The van der Waals surface area contributed by atoms with Gasteiger partial charge in [0.2, 0.25) is 0 Å². The van der Waals surface area contributed by atoms with Gasteiger partial charge in [0.05, 0.1) is 0 Å². The quantitative estimate of drug-likeness (QED) is 0.872. The molecule has 2 aliphatic rings. The van der Waals surface area contributed by atoms with Gasteiger partial charge in [0.15, 0.2) is 0 Å². The van der Waals surface area contributed by atoms with Crippen molar-refractivity contribution >= 4 is 11.3 Å². The molecule has 0 amide bonds. The number of nitrogens with zero attached hydrogens (tertiary/aromatic N) is 1. The first-order valence-corrected chi connectivity index (χ1v) is 7.93. The fraction of sp³-hybridized carbons (Fsp3) is 0.714. The molecule has 0 bridgehead atoms. The summed E-state index contributed by atoms with van der Waals surface area (Å²) in [4.78, 5) is 4.06. The molecule has 18 heavy (non-hydrogen) atoms. The van der Waals surface area contributed by atoms with Gasteiger partial charge in [-0.2, -0.15) is 0 Å². The molecule has 2 aliphatic heterocycles. The van der Waals surface area contributed by atoms with E-state index >= 15 is 0 Å². The Morgan fingerprint density at radius 1 is 1.44 bits per heavy atom. The van der Waals surface area contributed by atoms with E-state index in [-0.39, 0.29) is 5.54 Å². The Labute approximate surface area is 113 Å². The third kappa shape index (κ3) is 2.23. The van der Waals surface area contributed by atoms with E-state index in [9.17, 15) is 0 Å². The summed E-state index contributed by atoms with van der Waals surface area (Å²) in [6.45, 7) is 4.23. The predicted octanol–water partition coefficient (Wildman–Crippen LogP) is 1.79. The van der Waals surface area contributed by atoms with Crippen molar-refractivity contribution in [2.24, 2.45) is 5.73 Å². The minimum Gasteiger partial charge on any atom is -0.329 e. The fourth-order valence-electron chi connectivity index (χ4n) is 3.59. The topological polar surface area (TPSA) is 41.3 Å². The van der Waals surface area contributed by atoms with E-state index in [1.807, 2.05) is 11.3 Å². The summed E-state index contributed by atoms with van der Waals surface area (Å²) >= 11 is 1.83. The molecule has 3 rings (SSSR count). The van der Waals surface area contributed by atoms with E-state index < -0.39 is 0 Å². The van der Waals surface area contributed by atoms with Gasteiger partial charge < -0.3 is 11.1 Å². The molecule has 0 saturated carbocycles. The molecule has 0 aliphatic carbocycles. The van der Waals surface area contributed by atoms with Gasteiger partial charge in [-0.25, -0.2) is 0 Å². The van der Waals surface area contributed by atoms with Crippen LogP contribution in [0, 0.1) is 0 Å². The maximum atomic E-state index is 6.13. The molecular weight excluding hydrogens is 242 g/mol. The lowest BCUT2D eigenvalue weighted by molar-refractivity contribution is 0.139. The molecule has 0 spiro atoms. The van der Waals surface area contributed by atoms with Crippen LogP contribution in [0.15, 0.2) is 17.5 Å². The number of nitrogens with one attached hydrogen (secondary N) is 1. The maximum Gasteiger partial charge on any atom is 0.0476 e. The van der Waals surface area contributed by atoms with Gasteiger partial charge in [0.1, 0.15) is 0 Å². The molecule has 3 N–H and O–H groups in total. The standard InChI is InChI=1S/C14H23N3S/c15-11-14(16-10-12-4-3-9-18-12)6-8-17-7-2-1-5-13(14)17/h3-4,9,13,16H,1-2,5-8,10-11,15H2. The number of rotatable bonds is 4. The molecule has 1 aromatic heterocycles. The molecule has 3 heterocycles. The van der Waals surface area contributed by atoms with Crippen molar-refractivity contribution in [3.63, 3.8) is 0 Å². The molecule has 3 nitrogen and oxygen atoms in total. The van der Waals surface area contributed by atoms with E-state index in [0.717, 1.165) is 13.1 Å². The van der Waals surface area contributed by atoms with Crippen molar-refractivity contribution in [3.8, 4) is 0 Å². The first-order valence-electron chi connectivity index (χ1n) is 7.06. The van der Waals surface area contributed by atoms with Crippen molar-refractivity contribution in [1.29, 1.82) is 0 Å². The first-order chi connectivity index (χ1) is 8.84. The molecule has 2 atom stereocenters. The minimum absolute atomic E-state index is 0.157. The molecule has 1 aromatic rings. The smallest absolute Gasteiger partial charge is 0.0476 e. The second kappa shape index (κ2) is 5.29. The third-order valence-electron chi connectivity index (χ3n) is 4.66. The van der Waals surface area contributed by atoms with Crippen LogP contribution in [-0.2, 0) is 6.54 Å². The van der Waals surface area contributed by atoms with Crippen LogP contribution >= 0.6 is 11.3 Å². The third-order valence-corrected chi connectivity index (χ3v) is 5.53. The Morgan fingerprint density at radius 2 is 2.39 bits per heavy atom. The van der Waals surface area contributed by atoms with Crippen LogP contribution in [0.3, 0.4) is 0 Å². The lowest BCUT2D eigenvalue weighted by Gasteiger charge is -2.41. The highest BCUT2D eigenvalue weighted by atomic mass is 32.1. The molecule has 0 radical (unpaired) electrons. The van der Waals surface area contributed by atoms with Crippen LogP contribution in [0.25, 0.3) is 0 Å². The van der Waals surface area contributed by atoms with Gasteiger partial charge in [-0.3, -0.25) is 4.90 Å². The molecule has 4 heteroatoms. The number of fused-ring (bicyclic) bond motifs is 1. The Bertz CT molecular complexity index is 378. The van der Waals surface area contributed by atoms with Crippen LogP contribution < -0.4 is 11.1 Å². The lowest BCUT2D eigenvalue weighted by Crippen LogP contribution is -2.59. The predicted molar refractivity (Wildman–Crippen MR) is 76.8 cm³/mol. The number of hydrogen-bond donors (Lipinski definition) is 2. The molecule has 2 fully saturated rings. The van der Waals surface area contributed by atoms with Crippen molar-refractivity contribution in [2.45, 2.75) is 43.8 Å². The van der Waals surface area contributed by atoms with Crippen LogP contribution in [-0.4, -0.2) is 36.1 Å². The van der Waals surface area contributed by atoms with Gasteiger partial charge in [-0.15, -0.1) is 11.3 Å². The summed E-state index contributed by atoms with van der Waals surface area (Å²) in [5.74, 6) is 0. The number of hydrogen-bond acceptors (Lipinski definition) is 4. The van der Waals surface area contributed by atoms with Gasteiger partial charge in [-0.05, 0) is 37.3 Å². The lowest BCUT2D eigenvalue weighted by atomic mass is 9.85. The second-order valence-corrected chi connectivity index (χ2v) is 6.62. The van der Waals surface area contributed by atoms with Gasteiger partial charge in [0.25, 0.3) is 0 Å². The zero-order chi connectivity index (χ0) is 12.4. The average molecular weight is 265 g/mol. The van der Waals surface area contributed by atoms with Crippen molar-refractivity contribution in [1.82, 2.24) is 10.2 Å². The monoisotopic (exact) mass is 265 g/mol. The highest BCUT2D eigenvalue weighted by Gasteiger charge is 2.46. The zero-order valence-electron chi connectivity index (χ0n) is 10.9. The summed E-state index contributed by atoms with van der Waals surface area (Å²) in [5, 5.41) is 5.94. The Kier molecular flexibility index (Phi) is 3.71. The van der Waals surface area contributed by atoms with E-state index in [1.54, 1.807) is 0 Å². The summed E-state index contributed by atoms with van der Waals surface area (Å²) in [5.41, 5.74) is 6.29. The highest BCUT2D eigenvalue weighted by molar-refractivity contribution is 7.09. The number of nitrogens with two attached hydrogens (primary N) is 1. The largest absolute Gasteiger partial charge is 0.329 e. The molecule has 0 aromatic carbocycles. The van der Waals surface area contributed by atoms with E-state index in [2.05, 4.69) is 27.7 Å². The van der Waals surface area contributed by atoms with E-state index in [1.165, 1.54) is 43.6 Å². The van der Waals surface area contributed by atoms with Gasteiger partial charge in [0, 0.05) is 36.1 Å². The molecule has 100 valence electrons. The van der Waals surface area contributed by atoms with Crippen LogP contribution in [0.1, 0.15) is 30.6 Å². The summed E-state index contributed by atoms with van der Waals surface area (Å²) in [6, 6.07) is 4.99. The number of piperidine rings is 1. The summed E-state index contributed by atoms with van der Waals surface area (Å²) in [7, 11) is 0. The molecule has 2 unspecified atom stereocenters. The minimum atomic E-state index is 0.157. The fourth-order valence-corrected chi connectivity index (χ4v) is 4.23. The molecular formula is C14H23N3S. The second-order valence-electron chi connectivity index (χ2n) is 5.59. The SMILES string of the molecule is NCC1(NCc2cccs2)CCN2CCCCC21. The van der Waals surface area contributed by atoms with E-state index in [0.29, 0.717) is 6.04 Å². The van der Waals surface area contributed by atoms with Gasteiger partial charge in [-0.1, -0.05) is 12.5 Å². The summed E-state index contributed by atoms with van der Waals surface area (Å²) < 4.78 is 0. The Balaban J connectivity index is 1.69. The van der Waals surface area contributed by atoms with Crippen LogP contribution in [0.2, 0.25) is 0 Å². The normalized spacial score (nSPS) is 32.6. The Morgan fingerprint density at radius 3 is 3.17 bits per heavy atom. The van der Waals surface area contributed by atoms with Crippen LogP contribution in [0.4, 0.5) is 0 Å². The van der Waals surface area contributed by atoms with Crippen LogP contribution in [0.5, 0.6) is 0 Å². The zero-order valence-corrected chi connectivity index (χ0v) is 11.7. The first kappa shape index (κ1) is 12.6. The molecule has 2 saturated heterocycles. The Hall–Kier alpha value is -0.420. The average Bonchev–Trinajstić information content (AvgIpc) is 3.05. The van der Waals surface area contributed by atoms with E-state index in [4.69, 9.17) is 5.73 Å². The van der Waals surface area contributed by atoms with Gasteiger partial charge >= 0.3 is 0 Å². The summed E-state index contributed by atoms with van der Waals surface area (Å²) in [6.07, 6.45) is 5.25. The number of thiophene rings is 1. The van der Waals surface area contributed by atoms with Crippen molar-refractivity contribution in [2.75, 3.05) is 19.6 Å². The highest BCUT2D eigenvalue weighted by Crippen LogP contribution is 2.34.